The zero-order chi connectivity index (χ0) is 35.2. The number of rotatable bonds is 11. The van der Waals surface area contributed by atoms with Crippen LogP contribution in [0.2, 0.25) is 0 Å². The molecule has 0 saturated carbocycles. The summed E-state index contributed by atoms with van der Waals surface area (Å²) >= 11 is 0. The molecule has 16 heteroatoms. The quantitative estimate of drug-likeness (QED) is 0.258. The van der Waals surface area contributed by atoms with Crippen molar-refractivity contribution in [3.05, 3.63) is 35.9 Å². The molecule has 1 aromatic carbocycles. The van der Waals surface area contributed by atoms with Crippen molar-refractivity contribution in [2.45, 2.75) is 122 Å². The van der Waals surface area contributed by atoms with E-state index in [-0.39, 0.29) is 13.2 Å². The van der Waals surface area contributed by atoms with Gasteiger partial charge in [0.05, 0.1) is 13.2 Å². The van der Waals surface area contributed by atoms with Crippen molar-refractivity contribution in [1.82, 2.24) is 5.32 Å². The molecule has 0 unspecified atom stereocenters. The van der Waals surface area contributed by atoms with Crippen LogP contribution in [0.25, 0.3) is 0 Å². The van der Waals surface area contributed by atoms with E-state index in [1.54, 1.807) is 13.8 Å². The predicted molar refractivity (Wildman–Crippen MR) is 159 cm³/mol. The summed E-state index contributed by atoms with van der Waals surface area (Å²) in [6, 6.07) is 8.25. The third kappa shape index (κ3) is 9.93. The number of carbonyl (C=O) groups is 5. The van der Waals surface area contributed by atoms with E-state index < -0.39 is 104 Å². The normalized spacial score (nSPS) is 32.6. The number of fused-ring (bicyclic) bond motifs is 1. The summed E-state index contributed by atoms with van der Waals surface area (Å²) in [4.78, 5) is 61.3. The van der Waals surface area contributed by atoms with Crippen molar-refractivity contribution in [3.8, 4) is 0 Å². The second-order valence-corrected chi connectivity index (χ2v) is 12.0. The van der Waals surface area contributed by atoms with Gasteiger partial charge in [-0.05, 0) is 19.4 Å². The predicted octanol–water partition coefficient (Wildman–Crippen LogP) is 1.05. The van der Waals surface area contributed by atoms with Crippen molar-refractivity contribution < 1.29 is 71.3 Å². The maximum absolute atomic E-state index is 12.6. The molecule has 16 nitrogen and oxygen atoms in total. The second-order valence-electron chi connectivity index (χ2n) is 12.0. The average Bonchev–Trinajstić information content (AvgIpc) is 2.98. The summed E-state index contributed by atoms with van der Waals surface area (Å²) in [5.74, 6) is -4.59. The fraction of sp³-hybridized carbons (Fsp3) is 0.656. The molecule has 4 rings (SSSR count). The Balaban J connectivity index is 1.76. The molecule has 48 heavy (non-hydrogen) atoms. The molecule has 0 aromatic heterocycles. The molecule has 1 aromatic rings. The molecule has 3 aliphatic rings. The van der Waals surface area contributed by atoms with Gasteiger partial charge in [0.2, 0.25) is 5.91 Å². The lowest BCUT2D eigenvalue weighted by Crippen LogP contribution is -2.71. The van der Waals surface area contributed by atoms with Gasteiger partial charge in [0.1, 0.15) is 37.1 Å². The Morgan fingerprint density at radius 3 is 2.02 bits per heavy atom. The highest BCUT2D eigenvalue weighted by Crippen LogP contribution is 2.38. The molecule has 3 fully saturated rings. The Morgan fingerprint density at radius 1 is 0.792 bits per heavy atom. The molecule has 0 aliphatic carbocycles. The first-order chi connectivity index (χ1) is 22.6. The van der Waals surface area contributed by atoms with E-state index >= 15 is 0 Å². The minimum atomic E-state index is -1.56. The van der Waals surface area contributed by atoms with Gasteiger partial charge in [0.15, 0.2) is 36.7 Å². The van der Waals surface area contributed by atoms with Gasteiger partial charge in [-0.2, -0.15) is 0 Å². The Labute approximate surface area is 277 Å². The van der Waals surface area contributed by atoms with E-state index in [0.717, 1.165) is 26.3 Å². The van der Waals surface area contributed by atoms with Crippen LogP contribution in [0.5, 0.6) is 0 Å². The minimum Gasteiger partial charge on any atom is -0.463 e. The molecule has 0 radical (unpaired) electrons. The van der Waals surface area contributed by atoms with Crippen LogP contribution in [0, 0.1) is 0 Å². The highest BCUT2D eigenvalue weighted by Gasteiger charge is 2.58. The van der Waals surface area contributed by atoms with Crippen LogP contribution < -0.4 is 5.32 Å². The lowest BCUT2D eigenvalue weighted by Gasteiger charge is -2.52. The molecule has 1 N–H and O–H groups in total. The fourth-order valence-electron chi connectivity index (χ4n) is 5.72. The van der Waals surface area contributed by atoms with Gasteiger partial charge < -0.3 is 52.7 Å². The Bertz CT molecular complexity index is 1310. The Kier molecular flexibility index (Phi) is 12.5. The maximum atomic E-state index is 12.6. The zero-order valence-electron chi connectivity index (χ0n) is 27.9. The minimum absolute atomic E-state index is 0.0636. The summed E-state index contributed by atoms with van der Waals surface area (Å²) in [6.45, 7) is 8.94. The molecule has 1 amide bonds. The smallest absolute Gasteiger partial charge is 0.303 e. The molecular weight excluding hydrogens is 638 g/mol. The summed E-state index contributed by atoms with van der Waals surface area (Å²) in [5, 5.41) is 2.83. The molecule has 10 atom stereocenters. The number of carbonyl (C=O) groups excluding carboxylic acids is 5. The number of hydrogen-bond acceptors (Lipinski definition) is 15. The average molecular weight is 682 g/mol. The number of benzene rings is 1. The van der Waals surface area contributed by atoms with E-state index in [2.05, 4.69) is 5.32 Å². The largest absolute Gasteiger partial charge is 0.463 e. The topological polar surface area (TPSA) is 190 Å². The molecular formula is C32H43NO15. The monoisotopic (exact) mass is 681 g/mol. The van der Waals surface area contributed by atoms with Gasteiger partial charge >= 0.3 is 23.9 Å². The van der Waals surface area contributed by atoms with Crippen molar-refractivity contribution in [1.29, 1.82) is 0 Å². The van der Waals surface area contributed by atoms with Crippen LogP contribution in [0.15, 0.2) is 30.3 Å². The van der Waals surface area contributed by atoms with Gasteiger partial charge in [-0.3, -0.25) is 24.0 Å². The SMILES string of the molecule is CC(=O)N[C@H]1[C@@H](OCc2ccccc2)O[C@@H]2COC(C)(C)O[C@@H]2[C@@H]1O[C@@H]1O[C@H](COC(C)=O)[C@H](OC(C)=O)[C@H](OC(C)=O)[C@H]1OC(C)=O. The van der Waals surface area contributed by atoms with Gasteiger partial charge in [-0.1, -0.05) is 30.3 Å². The summed E-state index contributed by atoms with van der Waals surface area (Å²) < 4.78 is 59.1. The van der Waals surface area contributed by atoms with E-state index in [4.69, 9.17) is 47.4 Å². The first kappa shape index (κ1) is 37.2. The highest BCUT2D eigenvalue weighted by atomic mass is 16.8. The van der Waals surface area contributed by atoms with Crippen LogP contribution in [0.4, 0.5) is 0 Å². The fourth-order valence-corrected chi connectivity index (χ4v) is 5.72. The number of amides is 1. The highest BCUT2D eigenvalue weighted by molar-refractivity contribution is 5.73. The summed E-state index contributed by atoms with van der Waals surface area (Å²) in [5.41, 5.74) is 0.833. The van der Waals surface area contributed by atoms with Gasteiger partial charge in [-0.15, -0.1) is 0 Å². The lowest BCUT2D eigenvalue weighted by atomic mass is 9.94. The lowest BCUT2D eigenvalue weighted by molar-refractivity contribution is -0.394. The molecule has 0 spiro atoms. The van der Waals surface area contributed by atoms with Crippen molar-refractivity contribution in [3.63, 3.8) is 0 Å². The van der Waals surface area contributed by atoms with E-state index in [1.807, 2.05) is 30.3 Å². The summed E-state index contributed by atoms with van der Waals surface area (Å²) in [7, 11) is 0. The Morgan fingerprint density at radius 2 is 1.42 bits per heavy atom. The third-order valence-corrected chi connectivity index (χ3v) is 7.53. The number of ether oxygens (including phenoxy) is 10. The first-order valence-electron chi connectivity index (χ1n) is 15.5. The third-order valence-electron chi connectivity index (χ3n) is 7.53. The van der Waals surface area contributed by atoms with Crippen molar-refractivity contribution >= 4 is 29.8 Å². The van der Waals surface area contributed by atoms with Crippen LogP contribution in [0.3, 0.4) is 0 Å². The second kappa shape index (κ2) is 16.2. The molecule has 3 saturated heterocycles. The summed E-state index contributed by atoms with van der Waals surface area (Å²) in [6.07, 6.45) is -11.1. The number of esters is 4. The molecule has 3 aliphatic heterocycles. The zero-order valence-corrected chi connectivity index (χ0v) is 27.9. The van der Waals surface area contributed by atoms with Crippen LogP contribution >= 0.6 is 0 Å². The molecule has 3 heterocycles. The van der Waals surface area contributed by atoms with Gasteiger partial charge in [0, 0.05) is 34.6 Å². The van der Waals surface area contributed by atoms with Crippen LogP contribution in [-0.4, -0.2) is 110 Å². The standard InChI is InChI=1S/C32H43NO15/c1-16(34)33-24-27(26-23(15-41-32(6,7)48-26)45-30(24)40-13-21-11-9-8-10-12-21)47-31-29(44-20(5)38)28(43-19(4)37)25(42-18(3)36)22(46-31)14-39-17(2)35/h8-12,22-31H,13-15H2,1-7H3,(H,33,34)/t22-,23-,24-,25+,26+,27-,28+,29-,30+,31+/m1/s1. The van der Waals surface area contributed by atoms with E-state index in [0.29, 0.717) is 0 Å². The number of nitrogens with one attached hydrogen (secondary N) is 1. The van der Waals surface area contributed by atoms with Gasteiger partial charge in [-0.25, -0.2) is 0 Å². The van der Waals surface area contributed by atoms with Crippen LogP contribution in [0.1, 0.15) is 54.0 Å². The van der Waals surface area contributed by atoms with E-state index in [9.17, 15) is 24.0 Å². The maximum Gasteiger partial charge on any atom is 0.303 e. The first-order valence-corrected chi connectivity index (χ1v) is 15.5. The molecule has 266 valence electrons. The van der Waals surface area contributed by atoms with Gasteiger partial charge in [0.25, 0.3) is 0 Å². The Hall–Kier alpha value is -3.67. The molecule has 0 bridgehead atoms. The number of hydrogen-bond donors (Lipinski definition) is 1. The van der Waals surface area contributed by atoms with E-state index in [1.165, 1.54) is 13.8 Å². The van der Waals surface area contributed by atoms with Crippen LogP contribution in [-0.2, 0) is 77.9 Å². The van der Waals surface area contributed by atoms with Crippen molar-refractivity contribution in [2.24, 2.45) is 0 Å². The van der Waals surface area contributed by atoms with Crippen molar-refractivity contribution in [2.75, 3.05) is 13.2 Å².